The third-order valence-electron chi connectivity index (χ3n) is 4.04. The average molecular weight is 423 g/mol. The van der Waals surface area contributed by atoms with E-state index in [9.17, 15) is 9.59 Å². The maximum atomic E-state index is 11.9. The van der Waals surface area contributed by atoms with E-state index in [0.717, 1.165) is 21.2 Å². The molecular formula is C20H16Cl2O4S. The van der Waals surface area contributed by atoms with E-state index in [2.05, 4.69) is 0 Å². The van der Waals surface area contributed by atoms with Gasteiger partial charge in [0.05, 0.1) is 6.42 Å². The fourth-order valence-electron chi connectivity index (χ4n) is 2.64. The highest BCUT2D eigenvalue weighted by atomic mass is 35.5. The van der Waals surface area contributed by atoms with E-state index in [4.69, 9.17) is 33.0 Å². The van der Waals surface area contributed by atoms with Crippen LogP contribution in [0, 0.1) is 0 Å². The number of thiophene rings is 1. The highest BCUT2D eigenvalue weighted by molar-refractivity contribution is 7.17. The molecule has 0 spiro atoms. The van der Waals surface area contributed by atoms with Crippen LogP contribution in [0.25, 0.3) is 10.1 Å². The fraction of sp³-hybridized carbons (Fsp3) is 0.200. The lowest BCUT2D eigenvalue weighted by Crippen LogP contribution is -2.05. The van der Waals surface area contributed by atoms with Crippen LogP contribution < -0.4 is 4.74 Å². The summed E-state index contributed by atoms with van der Waals surface area (Å²) in [4.78, 5) is 22.5. The first-order chi connectivity index (χ1) is 12.9. The Hall–Kier alpha value is -2.08. The zero-order valence-corrected chi connectivity index (χ0v) is 16.5. The normalized spacial score (nSPS) is 10.9. The number of carbonyl (C=O) groups excluding carboxylic acids is 1. The van der Waals surface area contributed by atoms with Crippen molar-refractivity contribution >= 4 is 56.4 Å². The Balaban J connectivity index is 1.67. The van der Waals surface area contributed by atoms with Gasteiger partial charge in [0.25, 0.3) is 0 Å². The lowest BCUT2D eigenvalue weighted by molar-refractivity contribution is -0.138. The summed E-state index contributed by atoms with van der Waals surface area (Å²) in [7, 11) is 0. The van der Waals surface area contributed by atoms with Crippen LogP contribution in [0.15, 0.2) is 41.8 Å². The fourth-order valence-corrected chi connectivity index (χ4v) is 4.09. The van der Waals surface area contributed by atoms with Gasteiger partial charge >= 0.3 is 5.97 Å². The molecule has 140 valence electrons. The number of carbonyl (C=O) groups is 2. The molecule has 27 heavy (non-hydrogen) atoms. The van der Waals surface area contributed by atoms with Crippen LogP contribution >= 0.6 is 34.5 Å². The van der Waals surface area contributed by atoms with Crippen LogP contribution in [0.5, 0.6) is 5.75 Å². The summed E-state index contributed by atoms with van der Waals surface area (Å²) in [5.41, 5.74) is 1.76. The first-order valence-corrected chi connectivity index (χ1v) is 9.86. The number of aliphatic carboxylic acids is 1. The molecule has 2 aromatic carbocycles. The number of rotatable bonds is 8. The van der Waals surface area contributed by atoms with Crippen molar-refractivity contribution in [1.82, 2.24) is 0 Å². The maximum absolute atomic E-state index is 11.9. The van der Waals surface area contributed by atoms with Gasteiger partial charge in [0.15, 0.2) is 0 Å². The molecule has 0 unspecified atom stereocenters. The number of ketones is 1. The number of ether oxygens (including phenoxy) is 1. The van der Waals surface area contributed by atoms with Crippen molar-refractivity contribution in [2.45, 2.75) is 25.9 Å². The molecule has 1 aromatic heterocycles. The second-order valence-electron chi connectivity index (χ2n) is 6.05. The number of carboxylic acids is 1. The van der Waals surface area contributed by atoms with Gasteiger partial charge in [0.2, 0.25) is 0 Å². The first-order valence-electron chi connectivity index (χ1n) is 8.22. The third kappa shape index (κ3) is 5.22. The van der Waals surface area contributed by atoms with E-state index in [1.807, 2.05) is 29.6 Å². The Bertz CT molecular complexity index is 997. The van der Waals surface area contributed by atoms with Gasteiger partial charge in [0, 0.05) is 33.2 Å². The van der Waals surface area contributed by atoms with Crippen molar-refractivity contribution in [2.75, 3.05) is 0 Å². The Morgan fingerprint density at radius 3 is 2.59 bits per heavy atom. The van der Waals surface area contributed by atoms with Crippen molar-refractivity contribution in [1.29, 1.82) is 0 Å². The van der Waals surface area contributed by atoms with Crippen LogP contribution in [0.2, 0.25) is 10.0 Å². The highest BCUT2D eigenvalue weighted by Crippen LogP contribution is 2.31. The van der Waals surface area contributed by atoms with E-state index in [1.54, 1.807) is 12.1 Å². The van der Waals surface area contributed by atoms with Gasteiger partial charge in [-0.25, -0.2) is 0 Å². The largest absolute Gasteiger partial charge is 0.489 e. The lowest BCUT2D eigenvalue weighted by atomic mass is 10.0. The predicted octanol–water partition coefficient (Wildman–Crippen LogP) is 5.76. The maximum Gasteiger partial charge on any atom is 0.303 e. The second-order valence-corrected chi connectivity index (χ2v) is 7.81. The quantitative estimate of drug-likeness (QED) is 0.500. The topological polar surface area (TPSA) is 63.6 Å². The molecule has 0 amide bonds. The predicted molar refractivity (Wildman–Crippen MR) is 108 cm³/mol. The monoisotopic (exact) mass is 422 g/mol. The zero-order chi connectivity index (χ0) is 19.4. The molecule has 0 saturated carbocycles. The van der Waals surface area contributed by atoms with E-state index in [0.29, 0.717) is 22.4 Å². The van der Waals surface area contributed by atoms with Gasteiger partial charge in [-0.15, -0.1) is 11.3 Å². The van der Waals surface area contributed by atoms with Crippen molar-refractivity contribution < 1.29 is 19.4 Å². The van der Waals surface area contributed by atoms with E-state index < -0.39 is 5.97 Å². The lowest BCUT2D eigenvalue weighted by Gasteiger charge is -2.08. The van der Waals surface area contributed by atoms with Crippen molar-refractivity contribution in [3.63, 3.8) is 0 Å². The Labute approximate surface area is 170 Å². The van der Waals surface area contributed by atoms with Crippen molar-refractivity contribution in [3.05, 3.63) is 63.0 Å². The number of halogens is 2. The number of fused-ring (bicyclic) bond motifs is 1. The number of hydrogen-bond acceptors (Lipinski definition) is 4. The van der Waals surface area contributed by atoms with Crippen LogP contribution in [0.3, 0.4) is 0 Å². The second kappa shape index (κ2) is 8.74. The molecule has 1 N–H and O–H groups in total. The minimum atomic E-state index is -0.957. The van der Waals surface area contributed by atoms with Gasteiger partial charge in [0.1, 0.15) is 18.1 Å². The molecular weight excluding hydrogens is 407 g/mol. The Kier molecular flexibility index (Phi) is 6.37. The van der Waals surface area contributed by atoms with E-state index in [-0.39, 0.29) is 25.0 Å². The third-order valence-corrected chi connectivity index (χ3v) is 5.62. The summed E-state index contributed by atoms with van der Waals surface area (Å²) < 4.78 is 6.83. The summed E-state index contributed by atoms with van der Waals surface area (Å²) in [6.45, 7) is 0.327. The van der Waals surface area contributed by atoms with E-state index in [1.165, 1.54) is 11.3 Å². The minimum Gasteiger partial charge on any atom is -0.489 e. The van der Waals surface area contributed by atoms with Crippen LogP contribution in [0.1, 0.15) is 24.0 Å². The van der Waals surface area contributed by atoms with Crippen LogP contribution in [-0.2, 0) is 22.6 Å². The van der Waals surface area contributed by atoms with Gasteiger partial charge in [-0.3, -0.25) is 9.59 Å². The number of benzene rings is 2. The molecule has 3 rings (SSSR count). The molecule has 0 aliphatic rings. The summed E-state index contributed by atoms with van der Waals surface area (Å²) in [6, 6.07) is 11.0. The molecule has 0 saturated heterocycles. The molecule has 3 aromatic rings. The molecule has 0 fully saturated rings. The molecule has 1 heterocycles. The highest BCUT2D eigenvalue weighted by Gasteiger charge is 2.12. The zero-order valence-electron chi connectivity index (χ0n) is 14.2. The summed E-state index contributed by atoms with van der Waals surface area (Å²) in [5, 5.41) is 12.7. The molecule has 0 bridgehead atoms. The SMILES string of the molecule is O=C(O)CCC(=O)Cc1csc2cc(OCc3ccc(Cl)cc3Cl)ccc12. The first kappa shape index (κ1) is 19.7. The molecule has 0 aliphatic carbocycles. The van der Waals surface area contributed by atoms with Crippen LogP contribution in [-0.4, -0.2) is 16.9 Å². The standard InChI is InChI=1S/C20H16Cl2O4S/c21-14-2-1-12(18(22)8-14)10-26-16-4-5-17-13(11-27-19(17)9-16)7-15(23)3-6-20(24)25/h1-2,4-5,8-9,11H,3,6-7,10H2,(H,24,25). The number of carboxylic acid groups (broad SMARTS) is 1. The smallest absolute Gasteiger partial charge is 0.303 e. The van der Waals surface area contributed by atoms with Crippen molar-refractivity contribution in [2.24, 2.45) is 0 Å². The van der Waals surface area contributed by atoms with Gasteiger partial charge < -0.3 is 9.84 Å². The Morgan fingerprint density at radius 2 is 1.85 bits per heavy atom. The van der Waals surface area contributed by atoms with Crippen molar-refractivity contribution in [3.8, 4) is 5.75 Å². The van der Waals surface area contributed by atoms with Gasteiger partial charge in [-0.05, 0) is 46.7 Å². The minimum absolute atomic E-state index is 0.0513. The van der Waals surface area contributed by atoms with E-state index >= 15 is 0 Å². The summed E-state index contributed by atoms with van der Waals surface area (Å²) in [6.07, 6.45) is 0.162. The van der Waals surface area contributed by atoms with Crippen LogP contribution in [0.4, 0.5) is 0 Å². The summed E-state index contributed by atoms with van der Waals surface area (Å²) >= 11 is 13.6. The average Bonchev–Trinajstić information content (AvgIpc) is 3.01. The summed E-state index contributed by atoms with van der Waals surface area (Å²) in [5.74, 6) is -0.324. The molecule has 0 atom stereocenters. The number of Topliss-reactive ketones (excluding diaryl/α,β-unsaturated/α-hetero) is 1. The molecule has 0 radical (unpaired) electrons. The molecule has 7 heteroatoms. The molecule has 0 aliphatic heterocycles. The van der Waals surface area contributed by atoms with Gasteiger partial charge in [-0.2, -0.15) is 0 Å². The molecule has 4 nitrogen and oxygen atoms in total. The van der Waals surface area contributed by atoms with Gasteiger partial charge in [-0.1, -0.05) is 29.3 Å². The number of hydrogen-bond donors (Lipinski definition) is 1. The Morgan fingerprint density at radius 1 is 1.04 bits per heavy atom.